The summed E-state index contributed by atoms with van der Waals surface area (Å²) in [7, 11) is 0. The molecule has 2 aromatic carbocycles. The molecule has 0 N–H and O–H groups in total. The van der Waals surface area contributed by atoms with Gasteiger partial charge in [-0.2, -0.15) is 5.10 Å². The molecule has 2 aliphatic rings. The van der Waals surface area contributed by atoms with Crippen LogP contribution in [0.15, 0.2) is 71.8 Å². The Balaban J connectivity index is 1.35. The Bertz CT molecular complexity index is 827. The van der Waals surface area contributed by atoms with Crippen molar-refractivity contribution in [3.05, 3.63) is 77.9 Å². The molecule has 0 radical (unpaired) electrons. The third-order valence-corrected chi connectivity index (χ3v) is 4.99. The molecule has 0 saturated heterocycles. The highest BCUT2D eigenvalue weighted by molar-refractivity contribution is 6.02. The van der Waals surface area contributed by atoms with Crippen LogP contribution in [0.3, 0.4) is 0 Å². The number of hydrazone groups is 1. The van der Waals surface area contributed by atoms with Gasteiger partial charge in [-0.05, 0) is 23.1 Å². The first-order chi connectivity index (χ1) is 12.8. The van der Waals surface area contributed by atoms with E-state index in [4.69, 9.17) is 0 Å². The van der Waals surface area contributed by atoms with Crippen molar-refractivity contribution in [1.82, 2.24) is 9.91 Å². The monoisotopic (exact) mass is 345 g/mol. The molecule has 1 amide bonds. The number of carbonyl (C=O) groups excluding carboxylic acids is 1. The lowest BCUT2D eigenvalue weighted by Gasteiger charge is -2.27. The van der Waals surface area contributed by atoms with E-state index in [1.165, 1.54) is 11.1 Å². The summed E-state index contributed by atoms with van der Waals surface area (Å²) in [4.78, 5) is 14.8. The fraction of sp³-hybridized carbons (Fsp3) is 0.273. The van der Waals surface area contributed by atoms with Gasteiger partial charge in [0, 0.05) is 19.5 Å². The second-order valence-corrected chi connectivity index (χ2v) is 6.76. The second-order valence-electron chi connectivity index (χ2n) is 6.76. The normalized spacial score (nSPS) is 17.8. The van der Waals surface area contributed by atoms with Crippen LogP contribution in [-0.2, 0) is 4.79 Å². The molecular weight excluding hydrogens is 322 g/mol. The summed E-state index contributed by atoms with van der Waals surface area (Å²) in [6, 6.07) is 20.6. The molecule has 4 heteroatoms. The van der Waals surface area contributed by atoms with Crippen molar-refractivity contribution in [1.29, 1.82) is 0 Å². The number of hydrogen-bond acceptors (Lipinski definition) is 3. The molecule has 132 valence electrons. The first kappa shape index (κ1) is 16.7. The van der Waals surface area contributed by atoms with Crippen molar-refractivity contribution in [2.45, 2.75) is 12.8 Å². The highest BCUT2D eigenvalue weighted by Crippen LogP contribution is 2.22. The van der Waals surface area contributed by atoms with E-state index in [2.05, 4.69) is 40.3 Å². The summed E-state index contributed by atoms with van der Waals surface area (Å²) < 4.78 is 0. The molecule has 2 aromatic rings. The van der Waals surface area contributed by atoms with Gasteiger partial charge in [-0.3, -0.25) is 9.69 Å². The van der Waals surface area contributed by atoms with E-state index in [1.807, 2.05) is 36.4 Å². The Morgan fingerprint density at radius 1 is 0.885 bits per heavy atom. The van der Waals surface area contributed by atoms with Gasteiger partial charge < -0.3 is 0 Å². The van der Waals surface area contributed by atoms with Gasteiger partial charge in [0.25, 0.3) is 5.91 Å². The van der Waals surface area contributed by atoms with Gasteiger partial charge >= 0.3 is 0 Å². The minimum atomic E-state index is 0.0903. The largest absolute Gasteiger partial charge is 0.290 e. The summed E-state index contributed by atoms with van der Waals surface area (Å²) in [5, 5.41) is 6.18. The van der Waals surface area contributed by atoms with Gasteiger partial charge in [0.1, 0.15) is 0 Å². The average Bonchev–Trinajstić information content (AvgIpc) is 3.20. The van der Waals surface area contributed by atoms with Gasteiger partial charge in [-0.15, -0.1) is 0 Å². The van der Waals surface area contributed by atoms with Crippen molar-refractivity contribution in [2.24, 2.45) is 5.10 Å². The third kappa shape index (κ3) is 3.75. The molecule has 2 aliphatic heterocycles. The molecule has 0 saturated carbocycles. The third-order valence-electron chi connectivity index (χ3n) is 4.99. The lowest BCUT2D eigenvalue weighted by atomic mass is 10.00. The standard InChI is InChI=1S/C22H23N3O/c26-22(25-16-13-21(23-25)20-9-5-2-6-10-20)17-24-14-11-19(12-15-24)18-7-3-1-4-8-18/h1-11H,12-17H2. The van der Waals surface area contributed by atoms with Crippen molar-refractivity contribution >= 4 is 17.2 Å². The molecule has 26 heavy (non-hydrogen) atoms. The molecule has 2 heterocycles. The molecule has 0 atom stereocenters. The van der Waals surface area contributed by atoms with Crippen LogP contribution < -0.4 is 0 Å². The minimum Gasteiger partial charge on any atom is -0.290 e. The Morgan fingerprint density at radius 2 is 1.58 bits per heavy atom. The van der Waals surface area contributed by atoms with E-state index in [1.54, 1.807) is 5.01 Å². The van der Waals surface area contributed by atoms with Crippen LogP contribution in [0.4, 0.5) is 0 Å². The number of benzene rings is 2. The zero-order chi connectivity index (χ0) is 17.8. The van der Waals surface area contributed by atoms with Crippen LogP contribution in [0.25, 0.3) is 5.57 Å². The number of amides is 1. The Labute approximate surface area is 154 Å². The SMILES string of the molecule is O=C(CN1CC=C(c2ccccc2)CC1)N1CCC(c2ccccc2)=N1. The maximum Gasteiger partial charge on any atom is 0.256 e. The summed E-state index contributed by atoms with van der Waals surface area (Å²) in [5.74, 6) is 0.0903. The van der Waals surface area contributed by atoms with Crippen LogP contribution in [0.2, 0.25) is 0 Å². The van der Waals surface area contributed by atoms with Crippen LogP contribution in [-0.4, -0.2) is 47.7 Å². The predicted molar refractivity (Wildman–Crippen MR) is 105 cm³/mol. The van der Waals surface area contributed by atoms with Crippen molar-refractivity contribution < 1.29 is 4.79 Å². The lowest BCUT2D eigenvalue weighted by molar-refractivity contribution is -0.131. The summed E-state index contributed by atoms with van der Waals surface area (Å²) in [5.41, 5.74) is 4.77. The zero-order valence-electron chi connectivity index (χ0n) is 14.8. The quantitative estimate of drug-likeness (QED) is 0.851. The van der Waals surface area contributed by atoms with Crippen LogP contribution in [0.5, 0.6) is 0 Å². The number of nitrogens with zero attached hydrogens (tertiary/aromatic N) is 3. The molecule has 0 spiro atoms. The molecule has 4 rings (SSSR count). The van der Waals surface area contributed by atoms with Gasteiger partial charge in [0.15, 0.2) is 0 Å². The average molecular weight is 345 g/mol. The van der Waals surface area contributed by atoms with Crippen LogP contribution >= 0.6 is 0 Å². The molecule has 4 nitrogen and oxygen atoms in total. The lowest BCUT2D eigenvalue weighted by Crippen LogP contribution is -2.39. The van der Waals surface area contributed by atoms with E-state index < -0.39 is 0 Å². The van der Waals surface area contributed by atoms with Crippen LogP contribution in [0, 0.1) is 0 Å². The predicted octanol–water partition coefficient (Wildman–Crippen LogP) is 3.41. The van der Waals surface area contributed by atoms with Crippen molar-refractivity contribution in [2.75, 3.05) is 26.2 Å². The Hall–Kier alpha value is -2.72. The molecule has 0 bridgehead atoms. The molecule has 0 aliphatic carbocycles. The Kier molecular flexibility index (Phi) is 4.93. The van der Waals surface area contributed by atoms with E-state index in [0.29, 0.717) is 13.1 Å². The maximum absolute atomic E-state index is 12.6. The first-order valence-corrected chi connectivity index (χ1v) is 9.20. The van der Waals surface area contributed by atoms with Gasteiger partial charge in [-0.1, -0.05) is 66.7 Å². The number of rotatable bonds is 4. The highest BCUT2D eigenvalue weighted by Gasteiger charge is 2.24. The smallest absolute Gasteiger partial charge is 0.256 e. The first-order valence-electron chi connectivity index (χ1n) is 9.20. The molecule has 0 aromatic heterocycles. The molecule has 0 unspecified atom stereocenters. The summed E-state index contributed by atoms with van der Waals surface area (Å²) >= 11 is 0. The highest BCUT2D eigenvalue weighted by atomic mass is 16.2. The van der Waals surface area contributed by atoms with E-state index in [0.717, 1.165) is 37.2 Å². The van der Waals surface area contributed by atoms with E-state index in [-0.39, 0.29) is 5.91 Å². The maximum atomic E-state index is 12.6. The van der Waals surface area contributed by atoms with Crippen LogP contribution in [0.1, 0.15) is 24.0 Å². The summed E-state index contributed by atoms with van der Waals surface area (Å²) in [6.45, 7) is 2.85. The minimum absolute atomic E-state index is 0.0903. The van der Waals surface area contributed by atoms with E-state index >= 15 is 0 Å². The van der Waals surface area contributed by atoms with Crippen molar-refractivity contribution in [3.63, 3.8) is 0 Å². The Morgan fingerprint density at radius 3 is 2.23 bits per heavy atom. The molecule has 0 fully saturated rings. The van der Waals surface area contributed by atoms with Gasteiger partial charge in [0.05, 0.1) is 18.8 Å². The number of carbonyl (C=O) groups is 1. The van der Waals surface area contributed by atoms with Crippen molar-refractivity contribution in [3.8, 4) is 0 Å². The number of hydrogen-bond donors (Lipinski definition) is 0. The fourth-order valence-corrected chi connectivity index (χ4v) is 3.51. The van der Waals surface area contributed by atoms with Gasteiger partial charge in [0.2, 0.25) is 0 Å². The topological polar surface area (TPSA) is 35.9 Å². The fourth-order valence-electron chi connectivity index (χ4n) is 3.51. The molecular formula is C22H23N3O. The zero-order valence-corrected chi connectivity index (χ0v) is 14.8. The second kappa shape index (κ2) is 7.67. The van der Waals surface area contributed by atoms with E-state index in [9.17, 15) is 4.79 Å². The summed E-state index contributed by atoms with van der Waals surface area (Å²) in [6.07, 6.45) is 4.05. The van der Waals surface area contributed by atoms with Gasteiger partial charge in [-0.25, -0.2) is 5.01 Å².